The van der Waals surface area contributed by atoms with Crippen molar-refractivity contribution in [2.45, 2.75) is 14.7 Å². The lowest BCUT2D eigenvalue weighted by atomic mass is 10.3. The Morgan fingerprint density at radius 1 is 0.558 bits per heavy atom. The molecule has 3 N–H and O–H groups in total. The van der Waals surface area contributed by atoms with Gasteiger partial charge in [0.1, 0.15) is 51.8 Å². The van der Waals surface area contributed by atoms with Crippen LogP contribution < -0.4 is 9.47 Å². The molecule has 0 unspecified atom stereocenters. The number of aromatic hydroxyl groups is 1. The highest BCUT2D eigenvalue weighted by Gasteiger charge is 2.14. The predicted octanol–water partition coefficient (Wildman–Crippen LogP) is 2.26. The van der Waals surface area contributed by atoms with Gasteiger partial charge in [-0.25, -0.2) is 33.7 Å². The molecule has 52 heavy (non-hydrogen) atoms. The van der Waals surface area contributed by atoms with E-state index in [0.29, 0.717) is 5.33 Å². The van der Waals surface area contributed by atoms with Gasteiger partial charge in [-0.15, -0.1) is 0 Å². The number of rotatable bonds is 12. The maximum atomic E-state index is 11.4. The van der Waals surface area contributed by atoms with E-state index in [1.807, 2.05) is 0 Å². The number of hydrogen-bond donors (Lipinski definition) is 3. The third kappa shape index (κ3) is 27.1. The van der Waals surface area contributed by atoms with Crippen molar-refractivity contribution in [3.8, 4) is 17.2 Å². The van der Waals surface area contributed by atoms with Crippen LogP contribution in [0.1, 0.15) is 0 Å². The molecular weight excluding hydrogens is 880 g/mol. The van der Waals surface area contributed by atoms with E-state index >= 15 is 0 Å². The lowest BCUT2D eigenvalue weighted by Crippen LogP contribution is -2.12. The van der Waals surface area contributed by atoms with Crippen LogP contribution in [0.15, 0.2) is 87.5 Å². The first kappa shape index (κ1) is 51.6. The molecule has 0 aliphatic carbocycles. The van der Waals surface area contributed by atoms with Crippen LogP contribution in [0.25, 0.3) is 0 Å². The second-order valence-corrected chi connectivity index (χ2v) is 21.2. The summed E-state index contributed by atoms with van der Waals surface area (Å²) in [6.45, 7) is -0.0405. The fourth-order valence-corrected chi connectivity index (χ4v) is 5.80. The molecular formula is C29H42BrClO16S5. The fraction of sp³-hybridized carbons (Fsp3) is 0.379. The van der Waals surface area contributed by atoms with Gasteiger partial charge in [-0.2, -0.15) is 8.42 Å². The molecule has 0 fully saturated rings. The number of alkyl halides is 1. The van der Waals surface area contributed by atoms with Crippen molar-refractivity contribution in [1.29, 1.82) is 0 Å². The van der Waals surface area contributed by atoms with Crippen molar-refractivity contribution in [3.63, 3.8) is 0 Å². The van der Waals surface area contributed by atoms with E-state index in [1.54, 1.807) is 42.5 Å². The molecule has 3 aromatic carbocycles. The number of aliphatic hydroxyl groups is 2. The van der Waals surface area contributed by atoms with Crippen LogP contribution in [0.4, 0.5) is 0 Å². The fourth-order valence-electron chi connectivity index (χ4n) is 3.01. The second kappa shape index (κ2) is 24.7. The van der Waals surface area contributed by atoms with Crippen LogP contribution in [-0.2, 0) is 52.9 Å². The van der Waals surface area contributed by atoms with Gasteiger partial charge in [0.05, 0.1) is 25.7 Å². The number of para-hydroxylation sites is 3. The van der Waals surface area contributed by atoms with E-state index in [4.69, 9.17) is 24.8 Å². The molecule has 0 aromatic heterocycles. The van der Waals surface area contributed by atoms with Gasteiger partial charge in [-0.3, -0.25) is 4.18 Å². The molecule has 0 saturated carbocycles. The Kier molecular flexibility index (Phi) is 24.5. The number of halogens is 2. The first-order chi connectivity index (χ1) is 23.7. The van der Waals surface area contributed by atoms with E-state index in [2.05, 4.69) is 30.8 Å². The summed E-state index contributed by atoms with van der Waals surface area (Å²) in [5.41, 5.74) is 0. The molecule has 298 valence electrons. The highest BCUT2D eigenvalue weighted by atomic mass is 79.9. The predicted molar refractivity (Wildman–Crippen MR) is 201 cm³/mol. The first-order valence-electron chi connectivity index (χ1n) is 14.0. The molecule has 0 heterocycles. The monoisotopic (exact) mass is 920 g/mol. The van der Waals surface area contributed by atoms with E-state index in [9.17, 15) is 42.1 Å². The van der Waals surface area contributed by atoms with Crippen molar-refractivity contribution in [1.82, 2.24) is 0 Å². The molecule has 3 rings (SSSR count). The van der Waals surface area contributed by atoms with Crippen LogP contribution in [0.5, 0.6) is 17.2 Å². The Morgan fingerprint density at radius 3 is 1.17 bits per heavy atom. The number of phenolic OH excluding ortho intramolecular Hbond substituents is 1. The Labute approximate surface area is 318 Å². The van der Waals surface area contributed by atoms with Crippen LogP contribution in [0, 0.1) is 0 Å². The van der Waals surface area contributed by atoms with Crippen LogP contribution >= 0.6 is 26.6 Å². The largest absolute Gasteiger partial charge is 0.507 e. The van der Waals surface area contributed by atoms with Gasteiger partial charge < -0.3 is 24.8 Å². The lowest BCUT2D eigenvalue weighted by molar-refractivity contribution is 0.198. The summed E-state index contributed by atoms with van der Waals surface area (Å²) >= 11 is 3.00. The Balaban J connectivity index is 0. The molecule has 3 aromatic rings. The van der Waals surface area contributed by atoms with Gasteiger partial charge >= 0.3 is 0 Å². The maximum Gasteiger partial charge on any atom is 0.264 e. The minimum Gasteiger partial charge on any atom is -0.507 e. The third-order valence-corrected chi connectivity index (χ3v) is 9.20. The van der Waals surface area contributed by atoms with Crippen LogP contribution in [0.2, 0.25) is 0 Å². The summed E-state index contributed by atoms with van der Waals surface area (Å²) < 4.78 is 122. The second-order valence-electron chi connectivity index (χ2n) is 9.72. The highest BCUT2D eigenvalue weighted by molar-refractivity contribution is 9.09. The molecule has 0 bridgehead atoms. The van der Waals surface area contributed by atoms with Gasteiger partial charge in [-0.05, 0) is 36.4 Å². The molecule has 0 saturated heterocycles. The first-order valence-corrected chi connectivity index (χ1v) is 25.4. The average molecular weight is 922 g/mol. The molecule has 0 atom stereocenters. The van der Waals surface area contributed by atoms with Gasteiger partial charge in [0.2, 0.25) is 9.05 Å². The average Bonchev–Trinajstić information content (AvgIpc) is 3.01. The Hall–Kier alpha value is -2.54. The zero-order valence-electron chi connectivity index (χ0n) is 28.6. The lowest BCUT2D eigenvalue weighted by Gasteiger charge is -2.09. The number of benzene rings is 3. The summed E-state index contributed by atoms with van der Waals surface area (Å²) in [6.07, 6.45) is 5.10. The maximum absolute atomic E-state index is 11.4. The number of phenols is 1. The molecule has 0 amide bonds. The van der Waals surface area contributed by atoms with Crippen LogP contribution in [0.3, 0.4) is 0 Å². The quantitative estimate of drug-likeness (QED) is 0.102. The number of ether oxygens (including phenoxy) is 2. The Bertz CT molecular complexity index is 2050. The summed E-state index contributed by atoms with van der Waals surface area (Å²) in [4.78, 5) is 0.179. The summed E-state index contributed by atoms with van der Waals surface area (Å²) in [5, 5.41) is 26.1. The SMILES string of the molecule is CS(=O)(=O)Cl.CS(=O)(=O)OCCOc1ccccc1S(C)(=O)=O.CS(=O)(=O)c1ccccc1O.CS(=O)(=O)c1ccccc1OCCO.OCCBr. The standard InChI is InChI=1S/C10H14O6S2.C9H12O4S.C7H8O3S.C2H5BrO.CH3ClO2S/c1-17(11,12)10-6-4-3-5-9(10)15-7-8-16-18(2,13)14;1-14(11,12)9-5-3-2-4-8(9)13-7-6-10;1-11(9,10)7-5-3-2-4-6(7)8;3-1-2-4;1-5(2,3)4/h3-6H,7-8H2,1-2H3;2-5,10H,6-7H2,1H3;2-5,8H,1H3;4H,1-2H2;1H3. The van der Waals surface area contributed by atoms with Gasteiger partial charge in [-0.1, -0.05) is 52.3 Å². The third-order valence-electron chi connectivity index (χ3n) is 4.83. The van der Waals surface area contributed by atoms with Gasteiger partial charge in [0.25, 0.3) is 10.1 Å². The number of sulfone groups is 3. The topological polar surface area (TPSA) is 259 Å². The summed E-state index contributed by atoms with van der Waals surface area (Å²) in [5.74, 6) is 0.260. The van der Waals surface area contributed by atoms with Crippen molar-refractivity contribution >= 4 is 75.3 Å². The summed E-state index contributed by atoms with van der Waals surface area (Å²) in [7, 11) is -12.1. The van der Waals surface area contributed by atoms with E-state index in [-0.39, 0.29) is 65.0 Å². The zero-order valence-corrected chi connectivity index (χ0v) is 35.0. The van der Waals surface area contributed by atoms with Crippen molar-refractivity contribution in [2.75, 3.05) is 69.6 Å². The van der Waals surface area contributed by atoms with Crippen molar-refractivity contribution < 1.29 is 71.1 Å². The number of aliphatic hydroxyl groups excluding tert-OH is 2. The zero-order chi connectivity index (χ0) is 40.8. The van der Waals surface area contributed by atoms with E-state index in [0.717, 1.165) is 31.3 Å². The minimum atomic E-state index is -3.52. The molecule has 0 aliphatic heterocycles. The minimum absolute atomic E-state index is 0.0278. The number of hydrogen-bond acceptors (Lipinski definition) is 16. The molecule has 16 nitrogen and oxygen atoms in total. The van der Waals surface area contributed by atoms with Crippen molar-refractivity contribution in [2.24, 2.45) is 0 Å². The Morgan fingerprint density at radius 2 is 0.885 bits per heavy atom. The molecule has 0 radical (unpaired) electrons. The molecule has 23 heteroatoms. The van der Waals surface area contributed by atoms with Gasteiger partial charge in [0.15, 0.2) is 29.5 Å². The summed E-state index contributed by atoms with van der Waals surface area (Å²) in [6, 6.07) is 18.3. The van der Waals surface area contributed by atoms with E-state index in [1.165, 1.54) is 30.3 Å². The smallest absolute Gasteiger partial charge is 0.264 e. The normalized spacial score (nSPS) is 11.4. The van der Waals surface area contributed by atoms with Crippen molar-refractivity contribution in [3.05, 3.63) is 72.8 Å². The van der Waals surface area contributed by atoms with E-state index < -0.39 is 48.7 Å². The highest BCUT2D eigenvalue weighted by Crippen LogP contribution is 2.24. The van der Waals surface area contributed by atoms with Crippen LogP contribution in [-0.4, -0.2) is 127 Å². The van der Waals surface area contributed by atoms with Gasteiger partial charge in [0, 0.05) is 34.8 Å². The molecule has 0 aliphatic rings. The molecule has 0 spiro atoms.